The van der Waals surface area contributed by atoms with E-state index in [0.717, 1.165) is 28.2 Å². The van der Waals surface area contributed by atoms with Crippen molar-refractivity contribution < 1.29 is 9.53 Å². The first kappa shape index (κ1) is 13.2. The third kappa shape index (κ3) is 2.58. The van der Waals surface area contributed by atoms with Crippen LogP contribution in [0.15, 0.2) is 48.8 Å². The molecule has 0 aliphatic rings. The van der Waals surface area contributed by atoms with E-state index in [4.69, 9.17) is 4.74 Å². The molecule has 5 nitrogen and oxygen atoms in total. The highest BCUT2D eigenvalue weighted by Gasteiger charge is 2.06. The molecule has 0 saturated heterocycles. The summed E-state index contributed by atoms with van der Waals surface area (Å²) >= 11 is 0. The molecular formula is C16H15N3O2. The Morgan fingerprint density at radius 3 is 2.62 bits per heavy atom. The standard InChI is InChI=1S/C16H15N3O2/c1-11(20)18-12-3-8-16-15(9-12)17-10-19(16)13-4-6-14(21-2)7-5-13/h3-10H,1-2H3,(H,18,20). The number of rotatable bonds is 3. The van der Waals surface area contributed by atoms with Gasteiger partial charge in [-0.1, -0.05) is 0 Å². The zero-order valence-corrected chi connectivity index (χ0v) is 11.8. The minimum Gasteiger partial charge on any atom is -0.497 e. The zero-order chi connectivity index (χ0) is 14.8. The number of nitrogens with one attached hydrogen (secondary N) is 1. The van der Waals surface area contributed by atoms with Crippen molar-refractivity contribution in [1.29, 1.82) is 0 Å². The number of carbonyl (C=O) groups is 1. The van der Waals surface area contributed by atoms with Gasteiger partial charge in [-0.05, 0) is 42.5 Å². The molecule has 0 bridgehead atoms. The molecule has 106 valence electrons. The fraction of sp³-hybridized carbons (Fsp3) is 0.125. The first-order valence-electron chi connectivity index (χ1n) is 6.56. The lowest BCUT2D eigenvalue weighted by atomic mass is 10.2. The summed E-state index contributed by atoms with van der Waals surface area (Å²) in [5.74, 6) is 0.722. The Kier molecular flexibility index (Phi) is 3.31. The van der Waals surface area contributed by atoms with Gasteiger partial charge in [0.05, 0.1) is 18.1 Å². The number of imidazole rings is 1. The van der Waals surface area contributed by atoms with Crippen molar-refractivity contribution in [1.82, 2.24) is 9.55 Å². The minimum absolute atomic E-state index is 0.0936. The van der Waals surface area contributed by atoms with Crippen molar-refractivity contribution in [2.75, 3.05) is 12.4 Å². The number of amides is 1. The Balaban J connectivity index is 2.01. The predicted molar refractivity (Wildman–Crippen MR) is 81.9 cm³/mol. The van der Waals surface area contributed by atoms with Crippen LogP contribution < -0.4 is 10.1 Å². The van der Waals surface area contributed by atoms with Crippen molar-refractivity contribution in [3.63, 3.8) is 0 Å². The highest BCUT2D eigenvalue weighted by atomic mass is 16.5. The summed E-state index contributed by atoms with van der Waals surface area (Å²) in [4.78, 5) is 15.5. The number of hydrogen-bond acceptors (Lipinski definition) is 3. The third-order valence-corrected chi connectivity index (χ3v) is 3.22. The number of anilines is 1. The lowest BCUT2D eigenvalue weighted by Gasteiger charge is -2.06. The first-order chi connectivity index (χ1) is 10.2. The topological polar surface area (TPSA) is 56.1 Å². The Labute approximate surface area is 122 Å². The highest BCUT2D eigenvalue weighted by molar-refractivity contribution is 5.91. The van der Waals surface area contributed by atoms with Crippen LogP contribution in [-0.2, 0) is 4.79 Å². The van der Waals surface area contributed by atoms with E-state index in [-0.39, 0.29) is 5.91 Å². The van der Waals surface area contributed by atoms with Crippen LogP contribution in [0.1, 0.15) is 6.92 Å². The van der Waals surface area contributed by atoms with Gasteiger partial charge in [0.1, 0.15) is 12.1 Å². The van der Waals surface area contributed by atoms with Gasteiger partial charge in [-0.15, -0.1) is 0 Å². The normalized spacial score (nSPS) is 10.6. The van der Waals surface area contributed by atoms with Gasteiger partial charge in [0.2, 0.25) is 5.91 Å². The largest absolute Gasteiger partial charge is 0.497 e. The van der Waals surface area contributed by atoms with Crippen LogP contribution in [0, 0.1) is 0 Å². The number of fused-ring (bicyclic) bond motifs is 1. The molecule has 3 aromatic rings. The molecular weight excluding hydrogens is 266 g/mol. The van der Waals surface area contributed by atoms with E-state index in [0.29, 0.717) is 0 Å². The second-order valence-corrected chi connectivity index (χ2v) is 4.70. The smallest absolute Gasteiger partial charge is 0.221 e. The molecule has 1 amide bonds. The number of ether oxygens (including phenoxy) is 1. The van der Waals surface area contributed by atoms with E-state index in [1.165, 1.54) is 6.92 Å². The van der Waals surface area contributed by atoms with Gasteiger partial charge in [-0.2, -0.15) is 0 Å². The summed E-state index contributed by atoms with van der Waals surface area (Å²) < 4.78 is 7.15. The summed E-state index contributed by atoms with van der Waals surface area (Å²) in [5, 5.41) is 2.76. The summed E-state index contributed by atoms with van der Waals surface area (Å²) in [6.07, 6.45) is 1.77. The molecule has 1 heterocycles. The number of aromatic nitrogens is 2. The van der Waals surface area contributed by atoms with Crippen LogP contribution in [-0.4, -0.2) is 22.6 Å². The lowest BCUT2D eigenvalue weighted by molar-refractivity contribution is -0.114. The van der Waals surface area contributed by atoms with Crippen molar-refractivity contribution in [2.24, 2.45) is 0 Å². The predicted octanol–water partition coefficient (Wildman–Crippen LogP) is 2.99. The van der Waals surface area contributed by atoms with Crippen LogP contribution in [0.3, 0.4) is 0 Å². The molecule has 0 aliphatic carbocycles. The number of benzene rings is 2. The fourth-order valence-electron chi connectivity index (χ4n) is 2.24. The zero-order valence-electron chi connectivity index (χ0n) is 11.8. The maximum Gasteiger partial charge on any atom is 0.221 e. The summed E-state index contributed by atoms with van der Waals surface area (Å²) in [6, 6.07) is 13.4. The minimum atomic E-state index is -0.0936. The molecule has 1 aromatic heterocycles. The molecule has 0 spiro atoms. The number of hydrogen-bond donors (Lipinski definition) is 1. The molecule has 0 atom stereocenters. The molecule has 0 fully saturated rings. The maximum atomic E-state index is 11.1. The van der Waals surface area contributed by atoms with E-state index < -0.39 is 0 Å². The Morgan fingerprint density at radius 1 is 1.19 bits per heavy atom. The quantitative estimate of drug-likeness (QED) is 0.803. The SMILES string of the molecule is COc1ccc(-n2cnc3cc(NC(C)=O)ccc32)cc1. The summed E-state index contributed by atoms with van der Waals surface area (Å²) in [5.41, 5.74) is 3.56. The van der Waals surface area contributed by atoms with Gasteiger partial charge >= 0.3 is 0 Å². The van der Waals surface area contributed by atoms with Gasteiger partial charge in [0.15, 0.2) is 0 Å². The fourth-order valence-corrected chi connectivity index (χ4v) is 2.24. The lowest BCUT2D eigenvalue weighted by Crippen LogP contribution is -2.05. The average molecular weight is 281 g/mol. The van der Waals surface area contributed by atoms with Crippen LogP contribution >= 0.6 is 0 Å². The van der Waals surface area contributed by atoms with Crippen LogP contribution in [0.2, 0.25) is 0 Å². The van der Waals surface area contributed by atoms with Crippen LogP contribution in [0.25, 0.3) is 16.7 Å². The summed E-state index contributed by atoms with van der Waals surface area (Å²) in [7, 11) is 1.64. The Hall–Kier alpha value is -2.82. The van der Waals surface area contributed by atoms with E-state index in [1.807, 2.05) is 47.0 Å². The molecule has 0 unspecified atom stereocenters. The van der Waals surface area contributed by atoms with E-state index in [1.54, 1.807) is 13.4 Å². The first-order valence-corrected chi connectivity index (χ1v) is 6.56. The Bertz CT molecular complexity index is 791. The molecule has 21 heavy (non-hydrogen) atoms. The van der Waals surface area contributed by atoms with Gasteiger partial charge in [-0.25, -0.2) is 4.98 Å². The molecule has 3 rings (SSSR count). The average Bonchev–Trinajstić information content (AvgIpc) is 2.90. The number of nitrogens with zero attached hydrogens (tertiary/aromatic N) is 2. The van der Waals surface area contributed by atoms with Crippen molar-refractivity contribution in [3.05, 3.63) is 48.8 Å². The molecule has 0 aliphatic heterocycles. The van der Waals surface area contributed by atoms with E-state index in [9.17, 15) is 4.79 Å². The van der Waals surface area contributed by atoms with Gasteiger partial charge in [0, 0.05) is 18.3 Å². The van der Waals surface area contributed by atoms with E-state index in [2.05, 4.69) is 10.3 Å². The second kappa shape index (κ2) is 5.28. The van der Waals surface area contributed by atoms with Crippen molar-refractivity contribution in [3.8, 4) is 11.4 Å². The summed E-state index contributed by atoms with van der Waals surface area (Å²) in [6.45, 7) is 1.49. The second-order valence-electron chi connectivity index (χ2n) is 4.70. The monoisotopic (exact) mass is 281 g/mol. The number of methoxy groups -OCH3 is 1. The molecule has 0 radical (unpaired) electrons. The molecule has 1 N–H and O–H groups in total. The van der Waals surface area contributed by atoms with Crippen LogP contribution in [0.5, 0.6) is 5.75 Å². The number of carbonyl (C=O) groups excluding carboxylic acids is 1. The van der Waals surface area contributed by atoms with Crippen molar-refractivity contribution >= 4 is 22.6 Å². The van der Waals surface area contributed by atoms with Gasteiger partial charge < -0.3 is 10.1 Å². The maximum absolute atomic E-state index is 11.1. The van der Waals surface area contributed by atoms with Gasteiger partial charge in [-0.3, -0.25) is 9.36 Å². The molecule has 5 heteroatoms. The Morgan fingerprint density at radius 2 is 1.95 bits per heavy atom. The van der Waals surface area contributed by atoms with Crippen LogP contribution in [0.4, 0.5) is 5.69 Å². The van der Waals surface area contributed by atoms with E-state index >= 15 is 0 Å². The van der Waals surface area contributed by atoms with Crippen molar-refractivity contribution in [2.45, 2.75) is 6.92 Å². The highest BCUT2D eigenvalue weighted by Crippen LogP contribution is 2.22. The third-order valence-electron chi connectivity index (χ3n) is 3.22. The molecule has 0 saturated carbocycles. The molecule has 2 aromatic carbocycles. The van der Waals surface area contributed by atoms with Gasteiger partial charge in [0.25, 0.3) is 0 Å².